The van der Waals surface area contributed by atoms with Crippen molar-refractivity contribution in [2.45, 2.75) is 38.4 Å². The first-order chi connectivity index (χ1) is 8.90. The van der Waals surface area contributed by atoms with Crippen LogP contribution in [0, 0.1) is 0 Å². The van der Waals surface area contributed by atoms with Gasteiger partial charge in [-0.15, -0.1) is 6.58 Å². The normalized spacial score (nSPS) is 20.3. The topological polar surface area (TPSA) is 58.9 Å². The second-order valence-electron chi connectivity index (χ2n) is 5.30. The number of fused-ring (bicyclic) bond motifs is 1. The summed E-state index contributed by atoms with van der Waals surface area (Å²) in [6, 6.07) is 1.67. The van der Waals surface area contributed by atoms with Crippen LogP contribution in [0.5, 0.6) is 17.2 Å². The Balaban J connectivity index is 2.59. The minimum absolute atomic E-state index is 0.0941. The summed E-state index contributed by atoms with van der Waals surface area (Å²) in [5.74, 6) is 1.13. The van der Waals surface area contributed by atoms with Crippen molar-refractivity contribution in [1.82, 2.24) is 0 Å². The molecule has 1 aromatic rings. The molecule has 0 saturated carbocycles. The summed E-state index contributed by atoms with van der Waals surface area (Å²) in [7, 11) is 1.50. The molecule has 1 heterocycles. The van der Waals surface area contributed by atoms with Crippen LogP contribution < -0.4 is 9.47 Å². The van der Waals surface area contributed by atoms with Crippen molar-refractivity contribution in [3.8, 4) is 17.2 Å². The van der Waals surface area contributed by atoms with Gasteiger partial charge in [-0.05, 0) is 20.3 Å². The Bertz CT molecular complexity index is 505. The first kappa shape index (κ1) is 13.7. The van der Waals surface area contributed by atoms with Crippen LogP contribution in [-0.4, -0.2) is 29.0 Å². The van der Waals surface area contributed by atoms with Gasteiger partial charge in [0.1, 0.15) is 11.4 Å². The van der Waals surface area contributed by atoms with Crippen LogP contribution >= 0.6 is 0 Å². The molecule has 0 unspecified atom stereocenters. The summed E-state index contributed by atoms with van der Waals surface area (Å²) in [5.41, 5.74) is 0.879. The van der Waals surface area contributed by atoms with Gasteiger partial charge in [0.2, 0.25) is 0 Å². The van der Waals surface area contributed by atoms with Crippen LogP contribution in [0.25, 0.3) is 0 Å². The molecule has 104 valence electrons. The molecule has 0 amide bonds. The molecule has 0 bridgehead atoms. The Kier molecular flexibility index (Phi) is 3.45. The number of aliphatic hydroxyl groups is 1. The Morgan fingerprint density at radius 1 is 1.58 bits per heavy atom. The average molecular weight is 264 g/mol. The van der Waals surface area contributed by atoms with Crippen molar-refractivity contribution in [3.63, 3.8) is 0 Å². The summed E-state index contributed by atoms with van der Waals surface area (Å²) < 4.78 is 11.0. The Labute approximate surface area is 113 Å². The minimum Gasteiger partial charge on any atom is -0.504 e. The Morgan fingerprint density at radius 2 is 2.26 bits per heavy atom. The predicted molar refractivity (Wildman–Crippen MR) is 73.0 cm³/mol. The van der Waals surface area contributed by atoms with E-state index in [9.17, 15) is 10.2 Å². The smallest absolute Gasteiger partial charge is 0.164 e. The molecule has 0 radical (unpaired) electrons. The summed E-state index contributed by atoms with van der Waals surface area (Å²) >= 11 is 0. The highest BCUT2D eigenvalue weighted by Gasteiger charge is 2.37. The summed E-state index contributed by atoms with van der Waals surface area (Å²) in [4.78, 5) is 0. The van der Waals surface area contributed by atoms with E-state index in [2.05, 4.69) is 6.58 Å². The maximum atomic E-state index is 10.2. The lowest BCUT2D eigenvalue weighted by Crippen LogP contribution is -2.46. The second kappa shape index (κ2) is 4.78. The zero-order valence-corrected chi connectivity index (χ0v) is 11.6. The first-order valence-corrected chi connectivity index (χ1v) is 6.30. The lowest BCUT2D eigenvalue weighted by atomic mass is 9.87. The molecule has 4 heteroatoms. The molecule has 2 rings (SSSR count). The summed E-state index contributed by atoms with van der Waals surface area (Å²) in [6.45, 7) is 7.37. The molecular formula is C15H20O4. The van der Waals surface area contributed by atoms with Gasteiger partial charge in [-0.2, -0.15) is 0 Å². The number of allylic oxidation sites excluding steroid dienone is 1. The van der Waals surface area contributed by atoms with Gasteiger partial charge in [0.15, 0.2) is 11.5 Å². The second-order valence-corrected chi connectivity index (χ2v) is 5.30. The van der Waals surface area contributed by atoms with E-state index in [0.717, 1.165) is 5.56 Å². The lowest BCUT2D eigenvalue weighted by molar-refractivity contribution is -0.0415. The maximum absolute atomic E-state index is 10.2. The van der Waals surface area contributed by atoms with Crippen LogP contribution in [0.4, 0.5) is 0 Å². The number of benzene rings is 1. The third-order valence-corrected chi connectivity index (χ3v) is 3.58. The molecule has 4 nitrogen and oxygen atoms in total. The van der Waals surface area contributed by atoms with E-state index in [0.29, 0.717) is 29.9 Å². The highest BCUT2D eigenvalue weighted by atomic mass is 16.5. The van der Waals surface area contributed by atoms with Gasteiger partial charge >= 0.3 is 0 Å². The zero-order chi connectivity index (χ0) is 14.2. The number of methoxy groups -OCH3 is 1. The highest BCUT2D eigenvalue weighted by molar-refractivity contribution is 5.58. The van der Waals surface area contributed by atoms with E-state index >= 15 is 0 Å². The van der Waals surface area contributed by atoms with E-state index < -0.39 is 11.7 Å². The minimum atomic E-state index is -0.652. The molecular weight excluding hydrogens is 244 g/mol. The first-order valence-electron chi connectivity index (χ1n) is 6.30. The number of ether oxygens (including phenoxy) is 2. The maximum Gasteiger partial charge on any atom is 0.164 e. The monoisotopic (exact) mass is 264 g/mol. The van der Waals surface area contributed by atoms with E-state index in [1.165, 1.54) is 7.11 Å². The molecule has 0 saturated heterocycles. The van der Waals surface area contributed by atoms with Crippen LogP contribution in [0.15, 0.2) is 18.7 Å². The van der Waals surface area contributed by atoms with Crippen molar-refractivity contribution >= 4 is 0 Å². The van der Waals surface area contributed by atoms with Crippen LogP contribution in [0.1, 0.15) is 25.0 Å². The van der Waals surface area contributed by atoms with E-state index in [4.69, 9.17) is 9.47 Å². The number of hydrogen-bond acceptors (Lipinski definition) is 4. The molecule has 1 atom stereocenters. The third kappa shape index (κ3) is 2.28. The molecule has 1 aliphatic heterocycles. The van der Waals surface area contributed by atoms with Gasteiger partial charge in [-0.1, -0.05) is 6.08 Å². The molecule has 0 fully saturated rings. The van der Waals surface area contributed by atoms with Crippen molar-refractivity contribution in [2.75, 3.05) is 7.11 Å². The van der Waals surface area contributed by atoms with E-state index in [-0.39, 0.29) is 5.75 Å². The van der Waals surface area contributed by atoms with Crippen LogP contribution in [-0.2, 0) is 12.8 Å². The lowest BCUT2D eigenvalue weighted by Gasteiger charge is -2.38. The van der Waals surface area contributed by atoms with Gasteiger partial charge < -0.3 is 19.7 Å². The quantitative estimate of drug-likeness (QED) is 0.822. The van der Waals surface area contributed by atoms with Crippen molar-refractivity contribution < 1.29 is 19.7 Å². The highest BCUT2D eigenvalue weighted by Crippen LogP contribution is 2.44. The Morgan fingerprint density at radius 3 is 2.84 bits per heavy atom. The number of hydrogen-bond donors (Lipinski definition) is 2. The molecule has 1 aromatic carbocycles. The van der Waals surface area contributed by atoms with Gasteiger partial charge in [-0.3, -0.25) is 0 Å². The van der Waals surface area contributed by atoms with Gasteiger partial charge in [-0.25, -0.2) is 0 Å². The average Bonchev–Trinajstić information content (AvgIpc) is 2.35. The summed E-state index contributed by atoms with van der Waals surface area (Å²) in [6.07, 6.45) is 2.04. The fraction of sp³-hybridized carbons (Fsp3) is 0.467. The fourth-order valence-corrected chi connectivity index (χ4v) is 2.34. The predicted octanol–water partition coefficient (Wildman–Crippen LogP) is 2.20. The van der Waals surface area contributed by atoms with Crippen molar-refractivity contribution in [1.29, 1.82) is 0 Å². The van der Waals surface area contributed by atoms with Crippen molar-refractivity contribution in [3.05, 3.63) is 29.8 Å². The number of rotatable bonds is 3. The fourth-order valence-electron chi connectivity index (χ4n) is 2.34. The van der Waals surface area contributed by atoms with E-state index in [1.54, 1.807) is 12.1 Å². The van der Waals surface area contributed by atoms with Crippen molar-refractivity contribution in [2.24, 2.45) is 0 Å². The molecule has 0 aromatic heterocycles. The van der Waals surface area contributed by atoms with Gasteiger partial charge in [0.05, 0.1) is 13.2 Å². The van der Waals surface area contributed by atoms with Gasteiger partial charge in [0.25, 0.3) is 0 Å². The standard InChI is InChI=1S/C15H20O4/c1-5-6-9-10-7-13(16)15(2,3)19-11(10)8-12(18-4)14(9)17/h5,8,13,16-17H,1,6-7H2,2-4H3/t13-/m0/s1. The molecule has 0 spiro atoms. The van der Waals surface area contributed by atoms with E-state index in [1.807, 2.05) is 13.8 Å². The SMILES string of the molecule is C=CCc1c(O)c(OC)cc2c1C[C@H](O)C(C)(C)O2. The van der Waals surface area contributed by atoms with Crippen LogP contribution in [0.2, 0.25) is 0 Å². The zero-order valence-electron chi connectivity index (χ0n) is 11.6. The Hall–Kier alpha value is -1.68. The third-order valence-electron chi connectivity index (χ3n) is 3.58. The molecule has 19 heavy (non-hydrogen) atoms. The number of aromatic hydroxyl groups is 1. The largest absolute Gasteiger partial charge is 0.504 e. The molecule has 1 aliphatic rings. The number of phenolic OH excluding ortho intramolecular Hbond substituents is 1. The van der Waals surface area contributed by atoms with Crippen LogP contribution in [0.3, 0.4) is 0 Å². The number of phenols is 1. The number of aliphatic hydroxyl groups excluding tert-OH is 1. The molecule has 0 aliphatic carbocycles. The van der Waals surface area contributed by atoms with Gasteiger partial charge in [0, 0.05) is 23.6 Å². The molecule has 2 N–H and O–H groups in total. The summed E-state index contributed by atoms with van der Waals surface area (Å²) in [5, 5.41) is 20.3.